The molecular weight excluding hydrogens is 312 g/mol. The van der Waals surface area contributed by atoms with E-state index in [2.05, 4.69) is 0 Å². The third-order valence-corrected chi connectivity index (χ3v) is 4.17. The molecule has 0 unspecified atom stereocenters. The van der Waals surface area contributed by atoms with Gasteiger partial charge in [0.05, 0.1) is 6.61 Å². The third-order valence-electron chi connectivity index (χ3n) is 4.17. The van der Waals surface area contributed by atoms with Crippen molar-refractivity contribution in [3.05, 3.63) is 23.8 Å². The van der Waals surface area contributed by atoms with Gasteiger partial charge in [-0.1, -0.05) is 13.3 Å². The molecule has 0 aromatic heterocycles. The zero-order valence-corrected chi connectivity index (χ0v) is 13.8. The highest BCUT2D eigenvalue weighted by atomic mass is 16.7. The van der Waals surface area contributed by atoms with Gasteiger partial charge < -0.3 is 24.0 Å². The summed E-state index contributed by atoms with van der Waals surface area (Å²) in [5.74, 6) is 1.19. The van der Waals surface area contributed by atoms with Crippen LogP contribution in [0.1, 0.15) is 30.1 Å². The maximum atomic E-state index is 12.6. The number of ether oxygens (including phenoxy) is 3. The van der Waals surface area contributed by atoms with Crippen LogP contribution in [-0.2, 0) is 4.74 Å². The molecule has 2 amide bonds. The molecule has 3 rings (SSSR count). The number of nitrogens with zero attached hydrogens (tertiary/aromatic N) is 2. The molecule has 1 aromatic carbocycles. The van der Waals surface area contributed by atoms with Crippen molar-refractivity contribution in [3.8, 4) is 11.5 Å². The Morgan fingerprint density at radius 3 is 2.54 bits per heavy atom. The number of amides is 2. The van der Waals surface area contributed by atoms with Gasteiger partial charge in [0.15, 0.2) is 11.5 Å². The van der Waals surface area contributed by atoms with Crippen LogP contribution in [0.5, 0.6) is 11.5 Å². The van der Waals surface area contributed by atoms with Gasteiger partial charge in [0.25, 0.3) is 5.91 Å². The lowest BCUT2D eigenvalue weighted by Gasteiger charge is -2.34. The average Bonchev–Trinajstić information content (AvgIpc) is 3.09. The summed E-state index contributed by atoms with van der Waals surface area (Å²) in [6.07, 6.45) is 1.57. The van der Waals surface area contributed by atoms with Crippen molar-refractivity contribution in [1.29, 1.82) is 0 Å². The predicted molar refractivity (Wildman–Crippen MR) is 86.3 cm³/mol. The number of hydrogen-bond acceptors (Lipinski definition) is 5. The van der Waals surface area contributed by atoms with E-state index in [0.29, 0.717) is 49.8 Å². The fraction of sp³-hybridized carbons (Fsp3) is 0.529. The number of benzene rings is 1. The predicted octanol–water partition coefficient (Wildman–Crippen LogP) is 2.11. The smallest absolute Gasteiger partial charge is 0.409 e. The minimum absolute atomic E-state index is 0.0627. The third kappa shape index (κ3) is 3.55. The molecule has 0 atom stereocenters. The highest BCUT2D eigenvalue weighted by Crippen LogP contribution is 2.32. The summed E-state index contributed by atoms with van der Waals surface area (Å²) >= 11 is 0. The minimum Gasteiger partial charge on any atom is -0.454 e. The first-order valence-electron chi connectivity index (χ1n) is 8.29. The van der Waals surface area contributed by atoms with Crippen molar-refractivity contribution in [2.75, 3.05) is 39.6 Å². The van der Waals surface area contributed by atoms with Crippen LogP contribution in [0.25, 0.3) is 0 Å². The Balaban J connectivity index is 1.53. The number of piperazine rings is 1. The van der Waals surface area contributed by atoms with Crippen molar-refractivity contribution >= 4 is 12.0 Å². The molecule has 2 aliphatic rings. The van der Waals surface area contributed by atoms with E-state index in [1.165, 1.54) is 0 Å². The quantitative estimate of drug-likeness (QED) is 0.789. The lowest BCUT2D eigenvalue weighted by molar-refractivity contribution is 0.0557. The maximum absolute atomic E-state index is 12.6. The summed E-state index contributed by atoms with van der Waals surface area (Å²) in [6.45, 7) is 4.65. The minimum atomic E-state index is -0.293. The number of carbonyl (C=O) groups excluding carboxylic acids is 2. The van der Waals surface area contributed by atoms with Crippen LogP contribution in [-0.4, -0.2) is 61.4 Å². The lowest BCUT2D eigenvalue weighted by atomic mass is 10.1. The molecule has 24 heavy (non-hydrogen) atoms. The molecule has 7 heteroatoms. The summed E-state index contributed by atoms with van der Waals surface area (Å²) in [6, 6.07) is 5.19. The molecule has 1 saturated heterocycles. The second-order valence-electron chi connectivity index (χ2n) is 5.82. The van der Waals surface area contributed by atoms with Gasteiger partial charge in [0.1, 0.15) is 0 Å². The fourth-order valence-electron chi connectivity index (χ4n) is 2.70. The van der Waals surface area contributed by atoms with Gasteiger partial charge in [-0.15, -0.1) is 0 Å². The zero-order chi connectivity index (χ0) is 16.9. The summed E-state index contributed by atoms with van der Waals surface area (Å²) in [7, 11) is 0. The Bertz CT molecular complexity index is 611. The average molecular weight is 334 g/mol. The van der Waals surface area contributed by atoms with Crippen LogP contribution < -0.4 is 9.47 Å². The number of hydrogen-bond donors (Lipinski definition) is 0. The molecule has 0 radical (unpaired) electrons. The number of fused-ring (bicyclic) bond motifs is 1. The van der Waals surface area contributed by atoms with Crippen LogP contribution in [0.4, 0.5) is 4.79 Å². The van der Waals surface area contributed by atoms with Gasteiger partial charge in [0, 0.05) is 31.7 Å². The van der Waals surface area contributed by atoms with Gasteiger partial charge >= 0.3 is 6.09 Å². The molecule has 0 N–H and O–H groups in total. The normalized spacial score (nSPS) is 16.2. The van der Waals surface area contributed by atoms with Crippen molar-refractivity contribution in [2.24, 2.45) is 0 Å². The van der Waals surface area contributed by atoms with Crippen LogP contribution in [0.3, 0.4) is 0 Å². The van der Waals surface area contributed by atoms with E-state index in [-0.39, 0.29) is 18.8 Å². The summed E-state index contributed by atoms with van der Waals surface area (Å²) in [5.41, 5.74) is 0.568. The Kier molecular flexibility index (Phi) is 5.08. The summed E-state index contributed by atoms with van der Waals surface area (Å²) in [5, 5.41) is 0. The Hall–Kier alpha value is -2.44. The van der Waals surface area contributed by atoms with E-state index in [9.17, 15) is 9.59 Å². The Labute approximate surface area is 141 Å². The van der Waals surface area contributed by atoms with Gasteiger partial charge in [-0.2, -0.15) is 0 Å². The molecular formula is C17H22N2O5. The number of rotatable bonds is 4. The van der Waals surface area contributed by atoms with Gasteiger partial charge in [-0.25, -0.2) is 4.79 Å². The van der Waals surface area contributed by atoms with Gasteiger partial charge in [-0.05, 0) is 24.6 Å². The Morgan fingerprint density at radius 1 is 1.08 bits per heavy atom. The Morgan fingerprint density at radius 2 is 1.79 bits per heavy atom. The first-order chi connectivity index (χ1) is 11.7. The van der Waals surface area contributed by atoms with Crippen molar-refractivity contribution in [2.45, 2.75) is 19.8 Å². The maximum Gasteiger partial charge on any atom is 0.409 e. The van der Waals surface area contributed by atoms with E-state index in [4.69, 9.17) is 14.2 Å². The lowest BCUT2D eigenvalue weighted by Crippen LogP contribution is -2.50. The molecule has 2 aliphatic heterocycles. The van der Waals surface area contributed by atoms with Crippen molar-refractivity contribution in [3.63, 3.8) is 0 Å². The van der Waals surface area contributed by atoms with E-state index >= 15 is 0 Å². The van der Waals surface area contributed by atoms with Gasteiger partial charge in [-0.3, -0.25) is 4.79 Å². The summed E-state index contributed by atoms with van der Waals surface area (Å²) in [4.78, 5) is 27.9. The molecule has 0 aliphatic carbocycles. The SMILES string of the molecule is CCCCOC(=O)N1CCN(C(=O)c2ccc3c(c2)OCO3)CC1. The van der Waals surface area contributed by atoms with Crippen LogP contribution in [0.15, 0.2) is 18.2 Å². The van der Waals surface area contributed by atoms with Crippen LogP contribution in [0, 0.1) is 0 Å². The first kappa shape index (κ1) is 16.4. The molecule has 130 valence electrons. The molecule has 0 bridgehead atoms. The second-order valence-corrected chi connectivity index (χ2v) is 5.82. The second kappa shape index (κ2) is 7.42. The molecule has 1 fully saturated rings. The number of unbranched alkanes of at least 4 members (excludes halogenated alkanes) is 1. The van der Waals surface area contributed by atoms with E-state index in [1.807, 2.05) is 6.92 Å². The van der Waals surface area contributed by atoms with Gasteiger partial charge in [0.2, 0.25) is 6.79 Å². The van der Waals surface area contributed by atoms with Crippen LogP contribution >= 0.6 is 0 Å². The van der Waals surface area contributed by atoms with E-state index in [1.54, 1.807) is 28.0 Å². The number of carbonyl (C=O) groups is 2. The molecule has 0 spiro atoms. The molecule has 1 aromatic rings. The largest absolute Gasteiger partial charge is 0.454 e. The molecule has 0 saturated carbocycles. The zero-order valence-electron chi connectivity index (χ0n) is 13.8. The van der Waals surface area contributed by atoms with Crippen molar-refractivity contribution < 1.29 is 23.8 Å². The van der Waals surface area contributed by atoms with Crippen LogP contribution in [0.2, 0.25) is 0 Å². The molecule has 7 nitrogen and oxygen atoms in total. The fourth-order valence-corrected chi connectivity index (χ4v) is 2.70. The molecule has 2 heterocycles. The first-order valence-corrected chi connectivity index (χ1v) is 8.29. The van der Waals surface area contributed by atoms with E-state index < -0.39 is 0 Å². The highest BCUT2D eigenvalue weighted by Gasteiger charge is 2.26. The van der Waals surface area contributed by atoms with Crippen molar-refractivity contribution in [1.82, 2.24) is 9.80 Å². The van der Waals surface area contributed by atoms with E-state index in [0.717, 1.165) is 12.8 Å². The standard InChI is InChI=1S/C17H22N2O5/c1-2-3-10-22-17(21)19-8-6-18(7-9-19)16(20)13-4-5-14-15(11-13)24-12-23-14/h4-5,11H,2-3,6-10,12H2,1H3. The summed E-state index contributed by atoms with van der Waals surface area (Å²) < 4.78 is 15.8. The highest BCUT2D eigenvalue weighted by molar-refractivity contribution is 5.95. The monoisotopic (exact) mass is 334 g/mol. The topological polar surface area (TPSA) is 68.3 Å².